The van der Waals surface area contributed by atoms with Gasteiger partial charge in [0.15, 0.2) is 0 Å². The summed E-state index contributed by atoms with van der Waals surface area (Å²) in [7, 11) is 0. The maximum atomic E-state index is 5.86. The zero-order valence-electron chi connectivity index (χ0n) is 7.87. The molecule has 1 aliphatic heterocycles. The van der Waals surface area contributed by atoms with E-state index in [4.69, 9.17) is 4.74 Å². The molecule has 1 aromatic heterocycles. The number of halogens is 1. The number of piperidine rings is 1. The summed E-state index contributed by atoms with van der Waals surface area (Å²) in [6.07, 6.45) is 6.01. The van der Waals surface area contributed by atoms with Crippen LogP contribution in [0.2, 0.25) is 0 Å². The molecule has 1 N–H and O–H groups in total. The van der Waals surface area contributed by atoms with Crippen LogP contribution in [0.25, 0.3) is 0 Å². The molecule has 0 bridgehead atoms. The topological polar surface area (TPSA) is 34.1 Å². The van der Waals surface area contributed by atoms with Crippen LogP contribution in [0.3, 0.4) is 0 Å². The number of hydrogen-bond acceptors (Lipinski definition) is 3. The first-order valence-electron chi connectivity index (χ1n) is 4.83. The third-order valence-corrected chi connectivity index (χ3v) is 2.91. The van der Waals surface area contributed by atoms with Gasteiger partial charge in [0.05, 0.1) is 4.47 Å². The summed E-state index contributed by atoms with van der Waals surface area (Å²) in [6, 6.07) is 1.89. The van der Waals surface area contributed by atoms with Crippen LogP contribution in [-0.4, -0.2) is 24.2 Å². The number of aromatic nitrogens is 1. The molecule has 1 aromatic rings. The lowest BCUT2D eigenvalue weighted by Crippen LogP contribution is -2.34. The normalized spacial score (nSPS) is 18.1. The summed E-state index contributed by atoms with van der Waals surface area (Å²) >= 11 is 3.42. The lowest BCUT2D eigenvalue weighted by molar-refractivity contribution is 0.161. The Kier molecular flexibility index (Phi) is 3.37. The van der Waals surface area contributed by atoms with Gasteiger partial charge in [0.1, 0.15) is 11.9 Å². The average molecular weight is 257 g/mol. The number of hydrogen-bond donors (Lipinski definition) is 1. The fourth-order valence-electron chi connectivity index (χ4n) is 1.55. The second-order valence-corrected chi connectivity index (χ2v) is 4.23. The molecule has 2 heterocycles. The number of nitrogens with one attached hydrogen (secondary N) is 1. The van der Waals surface area contributed by atoms with Gasteiger partial charge in [-0.05, 0) is 47.9 Å². The maximum Gasteiger partial charge on any atom is 0.136 e. The Morgan fingerprint density at radius 2 is 2.21 bits per heavy atom. The molecule has 0 amide bonds. The van der Waals surface area contributed by atoms with Crippen molar-refractivity contribution >= 4 is 15.9 Å². The van der Waals surface area contributed by atoms with Crippen LogP contribution in [0.5, 0.6) is 5.75 Å². The molecule has 2 rings (SSSR count). The lowest BCUT2D eigenvalue weighted by Gasteiger charge is -2.24. The highest BCUT2D eigenvalue weighted by atomic mass is 79.9. The van der Waals surface area contributed by atoms with Crippen LogP contribution >= 0.6 is 15.9 Å². The van der Waals surface area contributed by atoms with E-state index in [1.54, 1.807) is 12.4 Å². The average Bonchev–Trinajstić information content (AvgIpc) is 2.23. The van der Waals surface area contributed by atoms with Crippen LogP contribution in [0.4, 0.5) is 0 Å². The predicted molar refractivity (Wildman–Crippen MR) is 58.5 cm³/mol. The van der Waals surface area contributed by atoms with Crippen molar-refractivity contribution in [2.75, 3.05) is 13.1 Å². The van der Waals surface area contributed by atoms with Crippen molar-refractivity contribution in [3.63, 3.8) is 0 Å². The van der Waals surface area contributed by atoms with Crippen LogP contribution in [0.15, 0.2) is 22.9 Å². The quantitative estimate of drug-likeness (QED) is 0.879. The SMILES string of the molecule is Brc1cnccc1OC1CCNCC1. The fourth-order valence-corrected chi connectivity index (χ4v) is 1.89. The molecule has 3 nitrogen and oxygen atoms in total. The summed E-state index contributed by atoms with van der Waals surface area (Å²) < 4.78 is 6.79. The monoisotopic (exact) mass is 256 g/mol. The van der Waals surface area contributed by atoms with E-state index in [0.717, 1.165) is 36.2 Å². The van der Waals surface area contributed by atoms with Gasteiger partial charge in [-0.2, -0.15) is 0 Å². The molecule has 4 heteroatoms. The Bertz CT molecular complexity index is 300. The Balaban J connectivity index is 1.99. The number of ether oxygens (including phenoxy) is 1. The van der Waals surface area contributed by atoms with Crippen LogP contribution in [0.1, 0.15) is 12.8 Å². The predicted octanol–water partition coefficient (Wildman–Crippen LogP) is 1.97. The standard InChI is InChI=1S/C10H13BrN2O/c11-9-7-13-6-3-10(9)14-8-1-4-12-5-2-8/h3,6-8,12H,1-2,4-5H2. The number of nitrogens with zero attached hydrogens (tertiary/aromatic N) is 1. The molecule has 1 aliphatic rings. The highest BCUT2D eigenvalue weighted by Crippen LogP contribution is 2.25. The van der Waals surface area contributed by atoms with Crippen molar-refractivity contribution in [1.29, 1.82) is 0 Å². The van der Waals surface area contributed by atoms with Gasteiger partial charge >= 0.3 is 0 Å². The van der Waals surface area contributed by atoms with E-state index in [0.29, 0.717) is 6.10 Å². The molecular formula is C10H13BrN2O. The van der Waals surface area contributed by atoms with E-state index in [1.807, 2.05) is 6.07 Å². The molecular weight excluding hydrogens is 244 g/mol. The third kappa shape index (κ3) is 2.45. The molecule has 1 saturated heterocycles. The number of pyridine rings is 1. The van der Waals surface area contributed by atoms with E-state index < -0.39 is 0 Å². The van der Waals surface area contributed by atoms with Crippen molar-refractivity contribution < 1.29 is 4.74 Å². The minimum Gasteiger partial charge on any atom is -0.489 e. The summed E-state index contributed by atoms with van der Waals surface area (Å²) in [5.41, 5.74) is 0. The molecule has 0 unspecified atom stereocenters. The molecule has 0 spiro atoms. The van der Waals surface area contributed by atoms with E-state index in [1.165, 1.54) is 0 Å². The Labute approximate surface area is 92.0 Å². The first kappa shape index (κ1) is 9.93. The molecule has 14 heavy (non-hydrogen) atoms. The van der Waals surface area contributed by atoms with Gasteiger partial charge in [0.2, 0.25) is 0 Å². The van der Waals surface area contributed by atoms with E-state index in [9.17, 15) is 0 Å². The van der Waals surface area contributed by atoms with Gasteiger partial charge < -0.3 is 10.1 Å². The summed E-state index contributed by atoms with van der Waals surface area (Å²) in [6.45, 7) is 2.10. The van der Waals surface area contributed by atoms with Gasteiger partial charge in [-0.3, -0.25) is 4.98 Å². The van der Waals surface area contributed by atoms with Crippen LogP contribution in [0, 0.1) is 0 Å². The van der Waals surface area contributed by atoms with Gasteiger partial charge in [0, 0.05) is 12.4 Å². The van der Waals surface area contributed by atoms with Gasteiger partial charge in [0.25, 0.3) is 0 Å². The first-order valence-corrected chi connectivity index (χ1v) is 5.62. The van der Waals surface area contributed by atoms with Gasteiger partial charge in [-0.1, -0.05) is 0 Å². The molecule has 0 saturated carbocycles. The Hall–Kier alpha value is -0.610. The Morgan fingerprint density at radius 1 is 1.43 bits per heavy atom. The molecule has 0 atom stereocenters. The van der Waals surface area contributed by atoms with Crippen molar-refractivity contribution in [3.8, 4) is 5.75 Å². The van der Waals surface area contributed by atoms with E-state index in [2.05, 4.69) is 26.2 Å². The maximum absolute atomic E-state index is 5.86. The van der Waals surface area contributed by atoms with Crippen molar-refractivity contribution in [3.05, 3.63) is 22.9 Å². The fraction of sp³-hybridized carbons (Fsp3) is 0.500. The summed E-state index contributed by atoms with van der Waals surface area (Å²) in [4.78, 5) is 4.00. The third-order valence-electron chi connectivity index (χ3n) is 2.32. The van der Waals surface area contributed by atoms with Crippen molar-refractivity contribution in [2.24, 2.45) is 0 Å². The highest BCUT2D eigenvalue weighted by Gasteiger charge is 2.15. The second kappa shape index (κ2) is 4.75. The largest absolute Gasteiger partial charge is 0.489 e. The van der Waals surface area contributed by atoms with Crippen LogP contribution < -0.4 is 10.1 Å². The van der Waals surface area contributed by atoms with E-state index >= 15 is 0 Å². The van der Waals surface area contributed by atoms with Crippen molar-refractivity contribution in [2.45, 2.75) is 18.9 Å². The number of rotatable bonds is 2. The first-order chi connectivity index (χ1) is 6.86. The zero-order chi connectivity index (χ0) is 9.80. The second-order valence-electron chi connectivity index (χ2n) is 3.37. The summed E-state index contributed by atoms with van der Waals surface area (Å²) in [5.74, 6) is 0.895. The lowest BCUT2D eigenvalue weighted by atomic mass is 10.1. The van der Waals surface area contributed by atoms with Crippen molar-refractivity contribution in [1.82, 2.24) is 10.3 Å². The highest BCUT2D eigenvalue weighted by molar-refractivity contribution is 9.10. The smallest absolute Gasteiger partial charge is 0.136 e. The zero-order valence-corrected chi connectivity index (χ0v) is 9.46. The molecule has 0 radical (unpaired) electrons. The molecule has 1 fully saturated rings. The van der Waals surface area contributed by atoms with E-state index in [-0.39, 0.29) is 0 Å². The molecule has 0 aliphatic carbocycles. The minimum absolute atomic E-state index is 0.343. The Morgan fingerprint density at radius 3 is 2.93 bits per heavy atom. The molecule has 76 valence electrons. The summed E-state index contributed by atoms with van der Waals surface area (Å²) in [5, 5.41) is 3.31. The van der Waals surface area contributed by atoms with Crippen LogP contribution in [-0.2, 0) is 0 Å². The molecule has 0 aromatic carbocycles. The van der Waals surface area contributed by atoms with Gasteiger partial charge in [-0.25, -0.2) is 0 Å². The van der Waals surface area contributed by atoms with Gasteiger partial charge in [-0.15, -0.1) is 0 Å². The minimum atomic E-state index is 0.343.